The number of hydrogen-bond donors (Lipinski definition) is 0. The van der Waals surface area contributed by atoms with Crippen LogP contribution in [0.2, 0.25) is 0 Å². The molecule has 1 atom stereocenters. The molecule has 0 N–H and O–H groups in total. The summed E-state index contributed by atoms with van der Waals surface area (Å²) in [6.07, 6.45) is 1.90. The molecule has 1 aliphatic heterocycles. The Bertz CT molecular complexity index is 675. The lowest BCUT2D eigenvalue weighted by atomic mass is 10.2. The number of benzene rings is 1. The Balaban J connectivity index is 2.43. The van der Waals surface area contributed by atoms with Crippen LogP contribution in [-0.4, -0.2) is 57.2 Å². The molecule has 7 nitrogen and oxygen atoms in total. The van der Waals surface area contributed by atoms with Crippen molar-refractivity contribution in [1.82, 2.24) is 4.90 Å². The zero-order valence-electron chi connectivity index (χ0n) is 13.0. The van der Waals surface area contributed by atoms with Crippen LogP contribution in [0, 0.1) is 10.1 Å². The van der Waals surface area contributed by atoms with Crippen molar-refractivity contribution in [2.24, 2.45) is 0 Å². The van der Waals surface area contributed by atoms with Gasteiger partial charge < -0.3 is 9.80 Å². The highest BCUT2D eigenvalue weighted by Gasteiger charge is 2.33. The SMILES string of the molecule is CCN(C)C1CCN(c2cccc(S(C)(=O)=O)c2[N+](=O)[O-])C1. The Labute approximate surface area is 130 Å². The minimum Gasteiger partial charge on any atom is -0.364 e. The molecule has 2 rings (SSSR count). The molecular weight excluding hydrogens is 306 g/mol. The number of hydrogen-bond acceptors (Lipinski definition) is 6. The molecule has 1 saturated heterocycles. The third-order valence-electron chi connectivity index (χ3n) is 4.19. The number of sulfone groups is 1. The van der Waals surface area contributed by atoms with Gasteiger partial charge in [0, 0.05) is 25.4 Å². The maximum Gasteiger partial charge on any atom is 0.311 e. The van der Waals surface area contributed by atoms with Gasteiger partial charge in [0.2, 0.25) is 0 Å². The summed E-state index contributed by atoms with van der Waals surface area (Å²) in [5.74, 6) is 0. The van der Waals surface area contributed by atoms with E-state index in [-0.39, 0.29) is 10.6 Å². The summed E-state index contributed by atoms with van der Waals surface area (Å²) in [6, 6.07) is 4.81. The van der Waals surface area contributed by atoms with Crippen molar-refractivity contribution < 1.29 is 13.3 Å². The van der Waals surface area contributed by atoms with Crippen LogP contribution in [0.4, 0.5) is 11.4 Å². The fourth-order valence-electron chi connectivity index (χ4n) is 2.83. The average molecular weight is 327 g/mol. The smallest absolute Gasteiger partial charge is 0.311 e. The minimum absolute atomic E-state index is 0.220. The van der Waals surface area contributed by atoms with Gasteiger partial charge in [0.15, 0.2) is 9.84 Å². The van der Waals surface area contributed by atoms with E-state index in [0.29, 0.717) is 24.8 Å². The Morgan fingerprint density at radius 1 is 1.45 bits per heavy atom. The Hall–Kier alpha value is -1.67. The van der Waals surface area contributed by atoms with Gasteiger partial charge in [-0.15, -0.1) is 0 Å². The molecule has 22 heavy (non-hydrogen) atoms. The molecule has 1 fully saturated rings. The molecule has 0 aliphatic carbocycles. The normalized spacial score (nSPS) is 18.9. The molecule has 1 aliphatic rings. The maximum atomic E-state index is 11.8. The molecule has 1 unspecified atom stereocenters. The van der Waals surface area contributed by atoms with Crippen molar-refractivity contribution in [3.05, 3.63) is 28.3 Å². The van der Waals surface area contributed by atoms with E-state index in [0.717, 1.165) is 19.2 Å². The zero-order valence-corrected chi connectivity index (χ0v) is 13.8. The third-order valence-corrected chi connectivity index (χ3v) is 5.31. The second-order valence-electron chi connectivity index (χ2n) is 5.61. The molecule has 1 aromatic carbocycles. The summed E-state index contributed by atoms with van der Waals surface area (Å²) in [7, 11) is -1.62. The monoisotopic (exact) mass is 327 g/mol. The standard InChI is InChI=1S/C14H21N3O4S/c1-4-15(2)11-8-9-16(10-11)12-6-5-7-13(22(3,20)21)14(12)17(18)19/h5-7,11H,4,8-10H2,1-3H3. The van der Waals surface area contributed by atoms with Gasteiger partial charge in [-0.05, 0) is 32.1 Å². The predicted molar refractivity (Wildman–Crippen MR) is 85.1 cm³/mol. The topological polar surface area (TPSA) is 83.8 Å². The van der Waals surface area contributed by atoms with E-state index < -0.39 is 14.8 Å². The van der Waals surface area contributed by atoms with Gasteiger partial charge in [-0.25, -0.2) is 8.42 Å². The summed E-state index contributed by atoms with van der Waals surface area (Å²) in [4.78, 5) is 14.7. The molecule has 8 heteroatoms. The molecule has 1 heterocycles. The van der Waals surface area contributed by atoms with Crippen molar-refractivity contribution >= 4 is 21.2 Å². The molecule has 1 aromatic rings. The van der Waals surface area contributed by atoms with E-state index in [1.165, 1.54) is 6.07 Å². The lowest BCUT2D eigenvalue weighted by Crippen LogP contribution is -2.34. The highest BCUT2D eigenvalue weighted by atomic mass is 32.2. The van der Waals surface area contributed by atoms with Crippen LogP contribution in [0.5, 0.6) is 0 Å². The first-order valence-electron chi connectivity index (χ1n) is 7.18. The van der Waals surface area contributed by atoms with E-state index in [1.807, 2.05) is 11.9 Å². The van der Waals surface area contributed by atoms with Crippen LogP contribution in [0.1, 0.15) is 13.3 Å². The van der Waals surface area contributed by atoms with Gasteiger partial charge in [0.05, 0.1) is 4.92 Å². The summed E-state index contributed by atoms with van der Waals surface area (Å²) in [6.45, 7) is 4.32. The number of rotatable bonds is 5. The third kappa shape index (κ3) is 3.22. The number of para-hydroxylation sites is 1. The van der Waals surface area contributed by atoms with Crippen LogP contribution < -0.4 is 4.90 Å². The number of nitrogens with zero attached hydrogens (tertiary/aromatic N) is 3. The number of anilines is 1. The van der Waals surface area contributed by atoms with E-state index in [1.54, 1.807) is 12.1 Å². The fraction of sp³-hybridized carbons (Fsp3) is 0.571. The largest absolute Gasteiger partial charge is 0.364 e. The summed E-state index contributed by atoms with van der Waals surface area (Å²) >= 11 is 0. The van der Waals surface area contributed by atoms with E-state index in [4.69, 9.17) is 0 Å². The molecule has 0 bridgehead atoms. The van der Waals surface area contributed by atoms with Crippen molar-refractivity contribution in [2.75, 3.05) is 37.8 Å². The van der Waals surface area contributed by atoms with Gasteiger partial charge >= 0.3 is 5.69 Å². The van der Waals surface area contributed by atoms with Crippen LogP contribution >= 0.6 is 0 Å². The van der Waals surface area contributed by atoms with Crippen LogP contribution in [-0.2, 0) is 9.84 Å². The molecule has 0 spiro atoms. The maximum absolute atomic E-state index is 11.8. The molecular formula is C14H21N3O4S. The summed E-state index contributed by atoms with van der Waals surface area (Å²) in [5, 5.41) is 11.4. The van der Waals surface area contributed by atoms with Crippen molar-refractivity contribution in [2.45, 2.75) is 24.3 Å². The first kappa shape index (κ1) is 16.7. The lowest BCUT2D eigenvalue weighted by Gasteiger charge is -2.24. The van der Waals surface area contributed by atoms with E-state index in [9.17, 15) is 18.5 Å². The zero-order chi connectivity index (χ0) is 16.5. The second-order valence-corrected chi connectivity index (χ2v) is 7.60. The molecule has 122 valence electrons. The van der Waals surface area contributed by atoms with Crippen LogP contribution in [0.25, 0.3) is 0 Å². The lowest BCUT2D eigenvalue weighted by molar-refractivity contribution is -0.387. The van der Waals surface area contributed by atoms with Gasteiger partial charge in [-0.3, -0.25) is 10.1 Å². The van der Waals surface area contributed by atoms with Crippen molar-refractivity contribution in [1.29, 1.82) is 0 Å². The summed E-state index contributed by atoms with van der Waals surface area (Å²) < 4.78 is 23.6. The Kier molecular flexibility index (Phi) is 4.72. The number of nitro groups is 1. The summed E-state index contributed by atoms with van der Waals surface area (Å²) in [5.41, 5.74) is 0.0738. The van der Waals surface area contributed by atoms with Crippen molar-refractivity contribution in [3.63, 3.8) is 0 Å². The van der Waals surface area contributed by atoms with Gasteiger partial charge in [-0.2, -0.15) is 0 Å². The van der Waals surface area contributed by atoms with Gasteiger partial charge in [0.1, 0.15) is 10.6 Å². The van der Waals surface area contributed by atoms with Crippen LogP contribution in [0.3, 0.4) is 0 Å². The van der Waals surface area contributed by atoms with E-state index in [2.05, 4.69) is 11.8 Å². The average Bonchev–Trinajstić information content (AvgIpc) is 2.94. The highest BCUT2D eigenvalue weighted by molar-refractivity contribution is 7.90. The van der Waals surface area contributed by atoms with Gasteiger partial charge in [0.25, 0.3) is 0 Å². The molecule has 0 amide bonds. The highest BCUT2D eigenvalue weighted by Crippen LogP contribution is 2.36. The van der Waals surface area contributed by atoms with Crippen LogP contribution in [0.15, 0.2) is 23.1 Å². The number of likely N-dealkylation sites (N-methyl/N-ethyl adjacent to an activating group) is 1. The first-order valence-corrected chi connectivity index (χ1v) is 9.07. The van der Waals surface area contributed by atoms with Gasteiger partial charge in [-0.1, -0.05) is 13.0 Å². The predicted octanol–water partition coefficient (Wildman–Crippen LogP) is 1.53. The quantitative estimate of drug-likeness (QED) is 0.602. The Morgan fingerprint density at radius 2 is 2.14 bits per heavy atom. The Morgan fingerprint density at radius 3 is 2.68 bits per heavy atom. The first-order chi connectivity index (χ1) is 10.3. The second kappa shape index (κ2) is 6.21. The molecule has 0 radical (unpaired) electrons. The fourth-order valence-corrected chi connectivity index (χ4v) is 3.68. The minimum atomic E-state index is -3.64. The molecule has 0 aromatic heterocycles. The number of nitro benzene ring substituents is 1. The van der Waals surface area contributed by atoms with E-state index >= 15 is 0 Å². The molecule has 0 saturated carbocycles. The van der Waals surface area contributed by atoms with Crippen molar-refractivity contribution in [3.8, 4) is 0 Å².